The van der Waals surface area contributed by atoms with Crippen LogP contribution in [0.4, 0.5) is 0 Å². The van der Waals surface area contributed by atoms with Gasteiger partial charge in [-0.3, -0.25) is 14.4 Å². The van der Waals surface area contributed by atoms with E-state index in [1.807, 2.05) is 6.07 Å². The molecule has 0 atom stereocenters. The summed E-state index contributed by atoms with van der Waals surface area (Å²) in [4.78, 5) is 17.2. The van der Waals surface area contributed by atoms with Crippen LogP contribution in [0.1, 0.15) is 32.9 Å². The summed E-state index contributed by atoms with van der Waals surface area (Å²) in [6.07, 6.45) is 0.429. The van der Waals surface area contributed by atoms with Crippen molar-refractivity contribution in [3.8, 4) is 0 Å². The van der Waals surface area contributed by atoms with Crippen molar-refractivity contribution in [2.24, 2.45) is 7.05 Å². The molecule has 28 heavy (non-hydrogen) atoms. The Balaban J connectivity index is 1.45. The average Bonchev–Trinajstić information content (AvgIpc) is 2.98. The van der Waals surface area contributed by atoms with Gasteiger partial charge in [0.25, 0.3) is 5.91 Å². The summed E-state index contributed by atoms with van der Waals surface area (Å²) in [6, 6.07) is 8.37. The lowest BCUT2D eigenvalue weighted by Crippen LogP contribution is -2.48. The summed E-state index contributed by atoms with van der Waals surface area (Å²) in [5, 5.41) is 4.38. The summed E-state index contributed by atoms with van der Waals surface area (Å²) >= 11 is 0. The third-order valence-corrected chi connectivity index (χ3v) is 7.36. The molecule has 2 aliphatic rings. The first-order chi connectivity index (χ1) is 13.3. The zero-order chi connectivity index (χ0) is 19.9. The van der Waals surface area contributed by atoms with Gasteiger partial charge in [0.05, 0.1) is 11.5 Å². The van der Waals surface area contributed by atoms with E-state index in [-0.39, 0.29) is 17.4 Å². The van der Waals surface area contributed by atoms with E-state index in [0.717, 1.165) is 25.3 Å². The Morgan fingerprint density at radius 3 is 2.57 bits per heavy atom. The maximum atomic E-state index is 13.1. The molecule has 1 amide bonds. The Morgan fingerprint density at radius 2 is 1.86 bits per heavy atom. The van der Waals surface area contributed by atoms with Crippen LogP contribution in [0.5, 0.6) is 0 Å². The Labute approximate surface area is 165 Å². The lowest BCUT2D eigenvalue weighted by Gasteiger charge is -2.34. The van der Waals surface area contributed by atoms with Crippen molar-refractivity contribution in [1.29, 1.82) is 0 Å². The van der Waals surface area contributed by atoms with Crippen LogP contribution < -0.4 is 0 Å². The minimum Gasteiger partial charge on any atom is -0.335 e. The molecule has 2 aromatic rings. The summed E-state index contributed by atoms with van der Waals surface area (Å²) in [5.41, 5.74) is 4.37. The number of amides is 1. The third kappa shape index (κ3) is 3.71. The van der Waals surface area contributed by atoms with E-state index in [9.17, 15) is 13.2 Å². The normalized spacial score (nSPS) is 19.4. The Kier molecular flexibility index (Phi) is 5.01. The minimum absolute atomic E-state index is 0.0789. The number of fused-ring (bicyclic) bond motifs is 1. The number of hydrogen-bond donors (Lipinski definition) is 0. The fourth-order valence-corrected chi connectivity index (χ4v) is 5.46. The number of rotatable bonds is 3. The van der Waals surface area contributed by atoms with E-state index in [2.05, 4.69) is 35.1 Å². The van der Waals surface area contributed by atoms with Crippen LogP contribution in [-0.2, 0) is 35.6 Å². The molecule has 0 saturated carbocycles. The highest BCUT2D eigenvalue weighted by Crippen LogP contribution is 2.25. The van der Waals surface area contributed by atoms with Gasteiger partial charge >= 0.3 is 0 Å². The van der Waals surface area contributed by atoms with E-state index in [0.29, 0.717) is 30.8 Å². The molecular weight excluding hydrogens is 376 g/mol. The van der Waals surface area contributed by atoms with Gasteiger partial charge in [0.1, 0.15) is 0 Å². The molecule has 0 unspecified atom stereocenters. The molecule has 1 aromatic carbocycles. The fourth-order valence-electron chi connectivity index (χ4n) is 4.07. The fraction of sp³-hybridized carbons (Fsp3) is 0.500. The lowest BCUT2D eigenvalue weighted by molar-refractivity contribution is 0.0621. The van der Waals surface area contributed by atoms with Crippen LogP contribution in [0.15, 0.2) is 24.3 Å². The quantitative estimate of drug-likeness (QED) is 0.770. The van der Waals surface area contributed by atoms with Gasteiger partial charge in [-0.25, -0.2) is 8.42 Å². The summed E-state index contributed by atoms with van der Waals surface area (Å²) in [7, 11) is -1.36. The van der Waals surface area contributed by atoms with E-state index >= 15 is 0 Å². The second kappa shape index (κ2) is 7.33. The van der Waals surface area contributed by atoms with Crippen LogP contribution in [0.2, 0.25) is 0 Å². The van der Waals surface area contributed by atoms with E-state index in [1.54, 1.807) is 16.6 Å². The van der Waals surface area contributed by atoms with Gasteiger partial charge in [0.15, 0.2) is 15.5 Å². The molecular formula is C20H26N4O3S. The van der Waals surface area contributed by atoms with Gasteiger partial charge in [-0.2, -0.15) is 5.10 Å². The predicted octanol–water partition coefficient (Wildman–Crippen LogP) is 1.16. The number of aromatic nitrogens is 2. The van der Waals surface area contributed by atoms with Gasteiger partial charge in [-0.05, 0) is 18.1 Å². The summed E-state index contributed by atoms with van der Waals surface area (Å²) in [6.45, 7) is 5.85. The van der Waals surface area contributed by atoms with Crippen molar-refractivity contribution in [3.05, 3.63) is 52.3 Å². The summed E-state index contributed by atoms with van der Waals surface area (Å²) < 4.78 is 25.8. The Bertz CT molecular complexity index is 1000. The van der Waals surface area contributed by atoms with E-state index in [1.165, 1.54) is 11.1 Å². The standard InChI is InChI=1S/C20H26N4O3S/c1-15-5-3-4-6-16(15)13-23-8-10-24(11-9-23)20(25)19-17-14-28(26,27)12-7-18(17)22(2)21-19/h3-6H,7-14H2,1-2H3. The number of sulfone groups is 1. The molecule has 2 aliphatic heterocycles. The molecule has 7 nitrogen and oxygen atoms in total. The SMILES string of the molecule is Cc1ccccc1CN1CCN(C(=O)c2nn(C)c3c2CS(=O)(=O)CC3)CC1. The molecule has 0 N–H and O–H groups in total. The second-order valence-corrected chi connectivity index (χ2v) is 9.92. The highest BCUT2D eigenvalue weighted by molar-refractivity contribution is 7.90. The van der Waals surface area contributed by atoms with Gasteiger partial charge in [-0.1, -0.05) is 24.3 Å². The highest BCUT2D eigenvalue weighted by Gasteiger charge is 2.33. The van der Waals surface area contributed by atoms with Crippen molar-refractivity contribution in [2.45, 2.75) is 25.6 Å². The van der Waals surface area contributed by atoms with Crippen molar-refractivity contribution < 1.29 is 13.2 Å². The smallest absolute Gasteiger partial charge is 0.274 e. The number of nitrogens with zero attached hydrogens (tertiary/aromatic N) is 4. The maximum Gasteiger partial charge on any atom is 0.274 e. The first-order valence-corrected chi connectivity index (χ1v) is 11.5. The van der Waals surface area contributed by atoms with Crippen LogP contribution >= 0.6 is 0 Å². The number of carbonyl (C=O) groups excluding carboxylic acids is 1. The first kappa shape index (κ1) is 19.1. The van der Waals surface area contributed by atoms with Gasteiger partial charge in [0, 0.05) is 57.4 Å². The third-order valence-electron chi connectivity index (χ3n) is 5.81. The molecule has 1 fully saturated rings. The van der Waals surface area contributed by atoms with Crippen molar-refractivity contribution >= 4 is 15.7 Å². The molecule has 150 valence electrons. The molecule has 0 radical (unpaired) electrons. The average molecular weight is 403 g/mol. The van der Waals surface area contributed by atoms with Crippen molar-refractivity contribution in [2.75, 3.05) is 31.9 Å². The van der Waals surface area contributed by atoms with E-state index < -0.39 is 9.84 Å². The molecule has 1 saturated heterocycles. The second-order valence-electron chi connectivity index (χ2n) is 7.73. The summed E-state index contributed by atoms with van der Waals surface area (Å²) in [5.74, 6) is -0.0978. The topological polar surface area (TPSA) is 75.5 Å². The lowest BCUT2D eigenvalue weighted by atomic mass is 10.1. The molecule has 3 heterocycles. The number of piperazine rings is 1. The van der Waals surface area contributed by atoms with Crippen molar-refractivity contribution in [1.82, 2.24) is 19.6 Å². The van der Waals surface area contributed by atoms with Gasteiger partial charge in [0.2, 0.25) is 0 Å². The van der Waals surface area contributed by atoms with Gasteiger partial charge < -0.3 is 4.90 Å². The Morgan fingerprint density at radius 1 is 1.14 bits per heavy atom. The number of carbonyl (C=O) groups is 1. The molecule has 4 rings (SSSR count). The predicted molar refractivity (Wildman–Crippen MR) is 107 cm³/mol. The molecule has 0 bridgehead atoms. The highest BCUT2D eigenvalue weighted by atomic mass is 32.2. The first-order valence-electron chi connectivity index (χ1n) is 9.65. The molecule has 8 heteroatoms. The van der Waals surface area contributed by atoms with Crippen molar-refractivity contribution in [3.63, 3.8) is 0 Å². The number of aryl methyl sites for hydroxylation is 2. The number of hydrogen-bond acceptors (Lipinski definition) is 5. The molecule has 0 aliphatic carbocycles. The van der Waals surface area contributed by atoms with Crippen LogP contribution in [-0.4, -0.2) is 65.8 Å². The van der Waals surface area contributed by atoms with Gasteiger partial charge in [-0.15, -0.1) is 0 Å². The zero-order valence-electron chi connectivity index (χ0n) is 16.4. The maximum absolute atomic E-state index is 13.1. The zero-order valence-corrected chi connectivity index (χ0v) is 17.2. The van der Waals surface area contributed by atoms with Crippen LogP contribution in [0.3, 0.4) is 0 Å². The molecule has 0 spiro atoms. The molecule has 1 aromatic heterocycles. The largest absolute Gasteiger partial charge is 0.335 e. The van der Waals surface area contributed by atoms with Crippen LogP contribution in [0, 0.1) is 6.92 Å². The monoisotopic (exact) mass is 402 g/mol. The number of benzene rings is 1. The Hall–Kier alpha value is -2.19. The van der Waals surface area contributed by atoms with Crippen LogP contribution in [0.25, 0.3) is 0 Å². The minimum atomic E-state index is -3.15. The van der Waals surface area contributed by atoms with E-state index in [4.69, 9.17) is 0 Å².